The molecule has 1 heterocycles. The molecule has 1 aliphatic rings. The molecule has 1 aliphatic carbocycles. The molecule has 286 valence electrons. The first-order chi connectivity index (χ1) is 30.7. The van der Waals surface area contributed by atoms with Crippen molar-refractivity contribution in [1.29, 1.82) is 5.26 Å². The summed E-state index contributed by atoms with van der Waals surface area (Å²) in [6, 6.07) is 74.9. The Bertz CT molecular complexity index is 3550. The van der Waals surface area contributed by atoms with Gasteiger partial charge in [-0.3, -0.25) is 0 Å². The van der Waals surface area contributed by atoms with Crippen molar-refractivity contribution in [2.45, 2.75) is 0 Å². The van der Waals surface area contributed by atoms with Crippen LogP contribution in [0, 0.1) is 11.3 Å². The average Bonchev–Trinajstić information content (AvgIpc) is 3.68. The molecule has 0 bridgehead atoms. The molecule has 4 heteroatoms. The van der Waals surface area contributed by atoms with Crippen LogP contribution in [-0.4, -0.2) is 15.0 Å². The lowest BCUT2D eigenvalue weighted by Crippen LogP contribution is -2.00. The van der Waals surface area contributed by atoms with Crippen LogP contribution in [0.3, 0.4) is 0 Å². The average molecular weight is 787 g/mol. The molecule has 0 unspecified atom stereocenters. The molecule has 62 heavy (non-hydrogen) atoms. The summed E-state index contributed by atoms with van der Waals surface area (Å²) in [6.45, 7) is 0. The predicted octanol–water partition coefficient (Wildman–Crippen LogP) is 14.9. The number of fused-ring (bicyclic) bond motifs is 5. The van der Waals surface area contributed by atoms with Gasteiger partial charge >= 0.3 is 0 Å². The van der Waals surface area contributed by atoms with E-state index in [1.807, 2.05) is 72.8 Å². The molecule has 1 aromatic heterocycles. The molecule has 0 radical (unpaired) electrons. The van der Waals surface area contributed by atoms with Gasteiger partial charge in [0.25, 0.3) is 0 Å². The largest absolute Gasteiger partial charge is 0.208 e. The van der Waals surface area contributed by atoms with Crippen molar-refractivity contribution in [3.8, 4) is 95.9 Å². The van der Waals surface area contributed by atoms with Gasteiger partial charge < -0.3 is 0 Å². The van der Waals surface area contributed by atoms with Crippen molar-refractivity contribution in [3.63, 3.8) is 0 Å². The number of hydrogen-bond acceptors (Lipinski definition) is 4. The summed E-state index contributed by atoms with van der Waals surface area (Å²) in [5.74, 6) is 1.90. The van der Waals surface area contributed by atoms with E-state index in [0.717, 1.165) is 44.2 Å². The van der Waals surface area contributed by atoms with Crippen LogP contribution in [0.25, 0.3) is 122 Å². The molecular weight excluding hydrogens is 753 g/mol. The van der Waals surface area contributed by atoms with Gasteiger partial charge in [0, 0.05) is 16.7 Å². The number of nitriles is 1. The summed E-state index contributed by atoms with van der Waals surface area (Å²) in [5, 5.41) is 16.6. The van der Waals surface area contributed by atoms with Crippen LogP contribution in [0.15, 0.2) is 206 Å². The fourth-order valence-corrected chi connectivity index (χ4v) is 9.39. The Hall–Kier alpha value is -8.52. The Kier molecular flexibility index (Phi) is 8.19. The van der Waals surface area contributed by atoms with Gasteiger partial charge in [-0.25, -0.2) is 15.0 Å². The SMILES string of the molecule is N#Cc1ccc2cc(-c3ccc4c5c(ccc(-c6ccc(-c7cccc(-c8nc(-c9ccccc9)nc(-c9ccccc9)n8)c7)c7ccccc67)c35)-c3ccccc3-4)ccc2c1. The summed E-state index contributed by atoms with van der Waals surface area (Å²) in [7, 11) is 0. The maximum Gasteiger partial charge on any atom is 0.164 e. The summed E-state index contributed by atoms with van der Waals surface area (Å²) in [5.41, 5.74) is 15.4. The Morgan fingerprint density at radius 3 is 1.40 bits per heavy atom. The topological polar surface area (TPSA) is 62.5 Å². The highest BCUT2D eigenvalue weighted by Crippen LogP contribution is 2.53. The highest BCUT2D eigenvalue weighted by Gasteiger charge is 2.26. The maximum atomic E-state index is 9.57. The van der Waals surface area contributed by atoms with Crippen molar-refractivity contribution in [3.05, 3.63) is 212 Å². The molecule has 4 nitrogen and oxygen atoms in total. The van der Waals surface area contributed by atoms with Gasteiger partial charge in [0.15, 0.2) is 17.5 Å². The zero-order valence-electron chi connectivity index (χ0n) is 33.4. The summed E-state index contributed by atoms with van der Waals surface area (Å²) < 4.78 is 0. The number of hydrogen-bond donors (Lipinski definition) is 0. The second-order valence-electron chi connectivity index (χ2n) is 15.8. The van der Waals surface area contributed by atoms with Crippen molar-refractivity contribution < 1.29 is 0 Å². The Balaban J connectivity index is 1.03. The molecule has 0 aliphatic heterocycles. The predicted molar refractivity (Wildman–Crippen MR) is 254 cm³/mol. The molecule has 0 fully saturated rings. The Morgan fingerprint density at radius 1 is 0.290 bits per heavy atom. The Labute approximate surface area is 358 Å². The molecule has 0 N–H and O–H groups in total. The van der Waals surface area contributed by atoms with E-state index in [4.69, 9.17) is 15.0 Å². The van der Waals surface area contributed by atoms with Crippen LogP contribution >= 0.6 is 0 Å². The van der Waals surface area contributed by atoms with E-state index >= 15 is 0 Å². The molecule has 11 aromatic rings. The summed E-state index contributed by atoms with van der Waals surface area (Å²) in [6.07, 6.45) is 0. The van der Waals surface area contributed by atoms with Crippen LogP contribution in [0.5, 0.6) is 0 Å². The normalized spacial score (nSPS) is 11.5. The highest BCUT2D eigenvalue weighted by atomic mass is 15.0. The van der Waals surface area contributed by atoms with E-state index in [-0.39, 0.29) is 0 Å². The third-order valence-electron chi connectivity index (χ3n) is 12.3. The van der Waals surface area contributed by atoms with Gasteiger partial charge in [-0.2, -0.15) is 5.26 Å². The van der Waals surface area contributed by atoms with E-state index in [2.05, 4.69) is 140 Å². The van der Waals surface area contributed by atoms with Crippen LogP contribution < -0.4 is 0 Å². The fourth-order valence-electron chi connectivity index (χ4n) is 9.39. The van der Waals surface area contributed by atoms with Crippen molar-refractivity contribution in [1.82, 2.24) is 15.0 Å². The fraction of sp³-hybridized carbons (Fsp3) is 0. The molecule has 0 atom stereocenters. The second kappa shape index (κ2) is 14.3. The summed E-state index contributed by atoms with van der Waals surface area (Å²) >= 11 is 0. The van der Waals surface area contributed by atoms with E-state index in [9.17, 15) is 5.26 Å². The van der Waals surface area contributed by atoms with Crippen molar-refractivity contribution in [2.75, 3.05) is 0 Å². The monoisotopic (exact) mass is 786 g/mol. The zero-order chi connectivity index (χ0) is 41.1. The van der Waals surface area contributed by atoms with Gasteiger partial charge in [0.1, 0.15) is 0 Å². The van der Waals surface area contributed by atoms with Crippen LogP contribution in [0.2, 0.25) is 0 Å². The van der Waals surface area contributed by atoms with E-state index in [1.165, 1.54) is 60.5 Å². The third kappa shape index (κ3) is 5.79. The molecular formula is C58H34N4. The van der Waals surface area contributed by atoms with E-state index in [1.54, 1.807) is 0 Å². The first kappa shape index (κ1) is 35.4. The lowest BCUT2D eigenvalue weighted by molar-refractivity contribution is 1.07. The zero-order valence-corrected chi connectivity index (χ0v) is 33.4. The van der Waals surface area contributed by atoms with Gasteiger partial charge in [-0.05, 0) is 112 Å². The molecule has 0 saturated carbocycles. The minimum absolute atomic E-state index is 0.626. The smallest absolute Gasteiger partial charge is 0.164 e. The lowest BCUT2D eigenvalue weighted by Gasteiger charge is -2.18. The number of nitrogens with zero attached hydrogens (tertiary/aromatic N) is 4. The van der Waals surface area contributed by atoms with Crippen LogP contribution in [0.4, 0.5) is 0 Å². The maximum absolute atomic E-state index is 9.57. The van der Waals surface area contributed by atoms with Gasteiger partial charge in [-0.1, -0.05) is 182 Å². The highest BCUT2D eigenvalue weighted by molar-refractivity contribution is 6.24. The van der Waals surface area contributed by atoms with Gasteiger partial charge in [0.2, 0.25) is 0 Å². The van der Waals surface area contributed by atoms with Crippen LogP contribution in [0.1, 0.15) is 5.56 Å². The molecule has 10 aromatic carbocycles. The first-order valence-corrected chi connectivity index (χ1v) is 20.8. The molecule has 12 rings (SSSR count). The lowest BCUT2D eigenvalue weighted by atomic mass is 9.85. The van der Waals surface area contributed by atoms with Crippen molar-refractivity contribution in [2.24, 2.45) is 0 Å². The van der Waals surface area contributed by atoms with E-state index < -0.39 is 0 Å². The minimum atomic E-state index is 0.626. The quantitative estimate of drug-likeness (QED) is 0.168. The van der Waals surface area contributed by atoms with Crippen molar-refractivity contribution >= 4 is 32.3 Å². The molecule has 0 spiro atoms. The van der Waals surface area contributed by atoms with Gasteiger partial charge in [0.05, 0.1) is 11.6 Å². The summed E-state index contributed by atoms with van der Waals surface area (Å²) in [4.78, 5) is 15.0. The number of benzene rings is 10. The standard InChI is InChI=1S/C58H34N4/c59-35-36-22-23-40-33-42(25-24-39(40)32-36)45-27-29-51-48-20-9-10-21-49(48)52-30-31-53(54(45)55(51)52)50-28-26-44(46-18-7-8-19-47(46)50)41-16-11-17-43(34-41)58-61-56(37-12-3-1-4-13-37)60-57(62-58)38-14-5-2-6-15-38/h1-34H. The first-order valence-electron chi connectivity index (χ1n) is 20.8. The van der Waals surface area contributed by atoms with E-state index in [0.29, 0.717) is 23.0 Å². The Morgan fingerprint density at radius 2 is 0.742 bits per heavy atom. The number of rotatable bonds is 6. The number of aromatic nitrogens is 3. The van der Waals surface area contributed by atoms with Gasteiger partial charge in [-0.15, -0.1) is 0 Å². The molecule has 0 saturated heterocycles. The third-order valence-corrected chi connectivity index (χ3v) is 12.3. The second-order valence-corrected chi connectivity index (χ2v) is 15.8. The minimum Gasteiger partial charge on any atom is -0.208 e. The van der Waals surface area contributed by atoms with Crippen LogP contribution in [-0.2, 0) is 0 Å². The molecule has 0 amide bonds.